The minimum absolute atomic E-state index is 0.176. The number of rotatable bonds is 7. The van der Waals surface area contributed by atoms with E-state index in [0.717, 1.165) is 50.8 Å². The average Bonchev–Trinajstić information content (AvgIpc) is 3.19. The number of aliphatic hydroxyl groups excluding tert-OH is 1. The van der Waals surface area contributed by atoms with Gasteiger partial charge in [0.1, 0.15) is 6.10 Å². The molecule has 2 aliphatic heterocycles. The molecule has 2 bridgehead atoms. The summed E-state index contributed by atoms with van der Waals surface area (Å²) in [7, 11) is 0. The van der Waals surface area contributed by atoms with Crippen LogP contribution in [0.3, 0.4) is 0 Å². The van der Waals surface area contributed by atoms with Gasteiger partial charge in [0, 0.05) is 24.8 Å². The first-order chi connectivity index (χ1) is 16.1. The number of aromatic hydroxyl groups is 1. The van der Waals surface area contributed by atoms with Crippen LogP contribution in [0.4, 0.5) is 0 Å². The molecule has 4 aliphatic rings. The Bertz CT molecular complexity index is 1060. The van der Waals surface area contributed by atoms with Gasteiger partial charge in [-0.1, -0.05) is 42.5 Å². The van der Waals surface area contributed by atoms with Crippen LogP contribution in [-0.4, -0.2) is 58.7 Å². The van der Waals surface area contributed by atoms with E-state index in [2.05, 4.69) is 35.7 Å². The van der Waals surface area contributed by atoms with Gasteiger partial charge in [-0.25, -0.2) is 0 Å². The van der Waals surface area contributed by atoms with Crippen molar-refractivity contribution in [2.24, 2.45) is 0 Å². The van der Waals surface area contributed by atoms with Crippen molar-refractivity contribution in [2.45, 2.75) is 67.8 Å². The second kappa shape index (κ2) is 7.86. The third-order valence-corrected chi connectivity index (χ3v) is 8.68. The Morgan fingerprint density at radius 1 is 1.18 bits per heavy atom. The van der Waals surface area contributed by atoms with Crippen molar-refractivity contribution < 1.29 is 19.7 Å². The SMILES string of the molecule is C=CCN1CC[C@]23c4c5ccc(O)c4O[C@H]2C(O)CC[C@@]3(OCCCc2ccccc2)[C@H]1C5. The molecule has 0 radical (unpaired) electrons. The van der Waals surface area contributed by atoms with Crippen molar-refractivity contribution in [1.29, 1.82) is 0 Å². The Balaban J connectivity index is 1.40. The van der Waals surface area contributed by atoms with E-state index in [1.807, 2.05) is 18.2 Å². The molecule has 2 aromatic rings. The molecule has 5 atom stereocenters. The zero-order valence-electron chi connectivity index (χ0n) is 19.1. The molecule has 33 heavy (non-hydrogen) atoms. The molecule has 2 aliphatic carbocycles. The lowest BCUT2D eigenvalue weighted by Gasteiger charge is -2.65. The number of ether oxygens (including phenoxy) is 2. The van der Waals surface area contributed by atoms with Gasteiger partial charge in [-0.05, 0) is 62.3 Å². The van der Waals surface area contributed by atoms with Gasteiger partial charge in [0.2, 0.25) is 0 Å². The number of piperidine rings is 1. The summed E-state index contributed by atoms with van der Waals surface area (Å²) in [5.41, 5.74) is 2.78. The molecular formula is C28H33NO4. The molecular weight excluding hydrogens is 414 g/mol. The van der Waals surface area contributed by atoms with Gasteiger partial charge in [0.15, 0.2) is 11.5 Å². The van der Waals surface area contributed by atoms with E-state index in [-0.39, 0.29) is 17.9 Å². The number of hydrogen-bond donors (Lipinski definition) is 2. The highest BCUT2D eigenvalue weighted by Crippen LogP contribution is 2.66. The van der Waals surface area contributed by atoms with E-state index in [9.17, 15) is 10.2 Å². The maximum absolute atomic E-state index is 11.1. The molecule has 1 spiro atoms. The fourth-order valence-corrected chi connectivity index (χ4v) is 7.43. The van der Waals surface area contributed by atoms with E-state index in [1.54, 1.807) is 6.07 Å². The van der Waals surface area contributed by atoms with Crippen molar-refractivity contribution in [1.82, 2.24) is 4.90 Å². The first-order valence-corrected chi connectivity index (χ1v) is 12.3. The minimum atomic E-state index is -0.560. The van der Waals surface area contributed by atoms with Gasteiger partial charge in [-0.3, -0.25) is 4.90 Å². The Labute approximate surface area is 195 Å². The van der Waals surface area contributed by atoms with Gasteiger partial charge in [-0.15, -0.1) is 6.58 Å². The lowest BCUT2D eigenvalue weighted by Crippen LogP contribution is -2.78. The highest BCUT2D eigenvalue weighted by atomic mass is 16.5. The van der Waals surface area contributed by atoms with Crippen LogP contribution in [0.5, 0.6) is 11.5 Å². The van der Waals surface area contributed by atoms with Crippen LogP contribution >= 0.6 is 0 Å². The summed E-state index contributed by atoms with van der Waals surface area (Å²) >= 11 is 0. The van der Waals surface area contributed by atoms with E-state index < -0.39 is 17.1 Å². The molecule has 1 unspecified atom stereocenters. The van der Waals surface area contributed by atoms with Crippen molar-refractivity contribution in [3.8, 4) is 11.5 Å². The maximum Gasteiger partial charge on any atom is 0.165 e. The van der Waals surface area contributed by atoms with Gasteiger partial charge in [-0.2, -0.15) is 0 Å². The summed E-state index contributed by atoms with van der Waals surface area (Å²) in [5.74, 6) is 0.751. The summed E-state index contributed by atoms with van der Waals surface area (Å²) in [6, 6.07) is 14.5. The van der Waals surface area contributed by atoms with Crippen LogP contribution in [0, 0.1) is 0 Å². The first kappa shape index (κ1) is 21.2. The number of phenolic OH excluding ortho intramolecular Hbond substituents is 1. The van der Waals surface area contributed by atoms with E-state index in [1.165, 1.54) is 11.1 Å². The molecule has 0 amide bonds. The predicted octanol–water partition coefficient (Wildman–Crippen LogP) is 3.75. The van der Waals surface area contributed by atoms with Crippen LogP contribution in [0.15, 0.2) is 55.1 Å². The lowest BCUT2D eigenvalue weighted by molar-refractivity contribution is -0.232. The molecule has 5 heteroatoms. The first-order valence-electron chi connectivity index (χ1n) is 12.3. The van der Waals surface area contributed by atoms with Crippen LogP contribution in [0.25, 0.3) is 0 Å². The molecule has 1 saturated heterocycles. The number of benzene rings is 2. The summed E-state index contributed by atoms with van der Waals surface area (Å²) in [5, 5.41) is 21.8. The zero-order valence-corrected chi connectivity index (χ0v) is 19.1. The third kappa shape index (κ3) is 2.89. The van der Waals surface area contributed by atoms with Gasteiger partial charge >= 0.3 is 0 Å². The average molecular weight is 448 g/mol. The van der Waals surface area contributed by atoms with Crippen molar-refractivity contribution in [3.05, 3.63) is 71.8 Å². The molecule has 2 fully saturated rings. The molecule has 6 rings (SSSR count). The van der Waals surface area contributed by atoms with Crippen LogP contribution in [0.2, 0.25) is 0 Å². The quantitative estimate of drug-likeness (QED) is 0.500. The van der Waals surface area contributed by atoms with Gasteiger partial charge in [0.05, 0.1) is 17.1 Å². The fraction of sp³-hybridized carbons (Fsp3) is 0.500. The van der Waals surface area contributed by atoms with Crippen LogP contribution < -0.4 is 4.74 Å². The molecule has 2 aromatic carbocycles. The van der Waals surface area contributed by atoms with Crippen molar-refractivity contribution >= 4 is 0 Å². The van der Waals surface area contributed by atoms with Crippen molar-refractivity contribution in [2.75, 3.05) is 19.7 Å². The standard InChI is InChI=1S/C28H33NO4/c1-2-15-29-16-14-27-24-20-10-11-21(30)25(24)33-26(27)22(31)12-13-28(27,23(29)18-20)32-17-6-9-19-7-4-3-5-8-19/h2-5,7-8,10-11,22-23,26,30-31H,1,6,9,12-18H2/t22?,23-,26+,27+,28-/m1/s1. The Morgan fingerprint density at radius 2 is 2.03 bits per heavy atom. The van der Waals surface area contributed by atoms with Crippen LogP contribution in [-0.2, 0) is 23.0 Å². The Kier molecular flexibility index (Phi) is 5.05. The smallest absolute Gasteiger partial charge is 0.165 e. The summed E-state index contributed by atoms with van der Waals surface area (Å²) < 4.78 is 13.4. The zero-order chi connectivity index (χ0) is 22.6. The van der Waals surface area contributed by atoms with E-state index in [4.69, 9.17) is 9.47 Å². The Hall–Kier alpha value is -2.34. The third-order valence-electron chi connectivity index (χ3n) is 8.68. The topological polar surface area (TPSA) is 62.2 Å². The molecule has 2 N–H and O–H groups in total. The normalized spacial score (nSPS) is 33.9. The molecule has 0 aromatic heterocycles. The molecule has 5 nitrogen and oxygen atoms in total. The second-order valence-corrected chi connectivity index (χ2v) is 10.1. The van der Waals surface area contributed by atoms with Crippen LogP contribution in [0.1, 0.15) is 42.4 Å². The largest absolute Gasteiger partial charge is 0.504 e. The highest BCUT2D eigenvalue weighted by molar-refractivity contribution is 5.62. The maximum atomic E-state index is 11.1. The number of likely N-dealkylation sites (tertiary alicyclic amines) is 1. The summed E-state index contributed by atoms with van der Waals surface area (Å²) in [4.78, 5) is 2.51. The second-order valence-electron chi connectivity index (χ2n) is 10.1. The van der Waals surface area contributed by atoms with E-state index in [0.29, 0.717) is 18.8 Å². The van der Waals surface area contributed by atoms with Gasteiger partial charge in [0.25, 0.3) is 0 Å². The number of nitrogens with zero attached hydrogens (tertiary/aromatic N) is 1. The van der Waals surface area contributed by atoms with E-state index >= 15 is 0 Å². The molecule has 174 valence electrons. The highest BCUT2D eigenvalue weighted by Gasteiger charge is 2.73. The lowest BCUT2D eigenvalue weighted by atomic mass is 9.48. The minimum Gasteiger partial charge on any atom is -0.504 e. The van der Waals surface area contributed by atoms with Gasteiger partial charge < -0.3 is 19.7 Å². The summed E-state index contributed by atoms with van der Waals surface area (Å²) in [6.07, 6.45) is 6.13. The Morgan fingerprint density at radius 3 is 2.85 bits per heavy atom. The summed E-state index contributed by atoms with van der Waals surface area (Å²) in [6.45, 7) is 6.41. The van der Waals surface area contributed by atoms with Crippen molar-refractivity contribution in [3.63, 3.8) is 0 Å². The fourth-order valence-electron chi connectivity index (χ4n) is 7.43. The monoisotopic (exact) mass is 447 g/mol. The number of phenols is 1. The number of hydrogen-bond acceptors (Lipinski definition) is 5. The number of aryl methyl sites for hydroxylation is 1. The predicted molar refractivity (Wildman–Crippen MR) is 127 cm³/mol. The molecule has 2 heterocycles. The molecule has 1 saturated carbocycles. The number of aliphatic hydroxyl groups is 1.